The summed E-state index contributed by atoms with van der Waals surface area (Å²) in [5, 5.41) is 3.08. The number of carbonyl (C=O) groups excluding carboxylic acids is 1. The van der Waals surface area contributed by atoms with E-state index in [0.717, 1.165) is 37.0 Å². The van der Waals surface area contributed by atoms with E-state index >= 15 is 0 Å². The number of hydrogen-bond acceptors (Lipinski definition) is 5. The number of fused-ring (bicyclic) bond motifs is 2. The summed E-state index contributed by atoms with van der Waals surface area (Å²) in [6.07, 6.45) is 0.755. The van der Waals surface area contributed by atoms with Gasteiger partial charge in [-0.15, -0.1) is 0 Å². The van der Waals surface area contributed by atoms with E-state index in [1.54, 1.807) is 11.8 Å². The normalized spacial score (nSPS) is 25.8. The first-order valence-corrected chi connectivity index (χ1v) is 10.8. The second-order valence-corrected chi connectivity index (χ2v) is 8.76. The molecule has 12 heteroatoms. The number of amides is 1. The zero-order chi connectivity index (χ0) is 21.9. The molecule has 1 aromatic rings. The molecule has 30 heavy (non-hydrogen) atoms. The van der Waals surface area contributed by atoms with Gasteiger partial charge in [-0.25, -0.2) is 9.97 Å². The lowest BCUT2D eigenvalue weighted by Gasteiger charge is -2.27. The highest BCUT2D eigenvalue weighted by atomic mass is 32.2. The van der Waals surface area contributed by atoms with Gasteiger partial charge in [-0.1, -0.05) is 6.42 Å². The summed E-state index contributed by atoms with van der Waals surface area (Å²) in [4.78, 5) is 21.7. The Kier molecular flexibility index (Phi) is 7.35. The Balaban J connectivity index is 0.000000589. The van der Waals surface area contributed by atoms with Gasteiger partial charge in [-0.3, -0.25) is 4.79 Å². The van der Waals surface area contributed by atoms with Gasteiger partial charge >= 0.3 is 12.9 Å². The number of nitrogens with zero attached hydrogens (tertiary/aromatic N) is 3. The van der Waals surface area contributed by atoms with Crippen LogP contribution in [0.2, 0.25) is 0 Å². The molecule has 1 amide bonds. The molecule has 2 saturated carbocycles. The monoisotopic (exact) mass is 456 g/mol. The van der Waals surface area contributed by atoms with E-state index in [1.165, 1.54) is 11.3 Å². The molecule has 0 aromatic carbocycles. The molecule has 3 fully saturated rings. The molecule has 1 aliphatic heterocycles. The number of rotatable bonds is 3. The quantitative estimate of drug-likeness (QED) is 0.681. The fourth-order valence-electron chi connectivity index (χ4n) is 4.35. The average molecular weight is 456 g/mol. The predicted molar refractivity (Wildman–Crippen MR) is 100 cm³/mol. The third-order valence-corrected chi connectivity index (χ3v) is 6.58. The Hall–Kier alpha value is -1.72. The van der Waals surface area contributed by atoms with Crippen molar-refractivity contribution in [2.24, 2.45) is 11.8 Å². The highest BCUT2D eigenvalue weighted by Crippen LogP contribution is 2.45. The maximum atomic E-state index is 13.5. The van der Waals surface area contributed by atoms with Gasteiger partial charge in [-0.2, -0.15) is 38.1 Å². The van der Waals surface area contributed by atoms with Gasteiger partial charge in [0.05, 0.1) is 5.56 Å². The fraction of sp³-hybridized carbons (Fsp3) is 0.722. The topological polar surface area (TPSA) is 58.1 Å². The van der Waals surface area contributed by atoms with Crippen LogP contribution < -0.4 is 5.32 Å². The summed E-state index contributed by atoms with van der Waals surface area (Å²) in [7, 11) is 0. The van der Waals surface area contributed by atoms with Crippen LogP contribution in [0.3, 0.4) is 0 Å². The van der Waals surface area contributed by atoms with E-state index in [1.807, 2.05) is 0 Å². The van der Waals surface area contributed by atoms with Crippen molar-refractivity contribution in [2.75, 3.05) is 29.9 Å². The summed E-state index contributed by atoms with van der Waals surface area (Å²) in [5.74, 6) is 1.96. The maximum Gasteiger partial charge on any atom is 0.434 e. The van der Waals surface area contributed by atoms with Crippen LogP contribution in [0.15, 0.2) is 6.20 Å². The largest absolute Gasteiger partial charge is 0.434 e. The third kappa shape index (κ3) is 5.70. The van der Waals surface area contributed by atoms with Crippen LogP contribution in [0.1, 0.15) is 41.7 Å². The molecule has 2 bridgehead atoms. The lowest BCUT2D eigenvalue weighted by atomic mass is 9.95. The maximum absolute atomic E-state index is 13.5. The molecule has 3 aliphatic rings. The first-order valence-electron chi connectivity index (χ1n) is 9.65. The van der Waals surface area contributed by atoms with Crippen LogP contribution in [0.25, 0.3) is 0 Å². The molecule has 1 aromatic heterocycles. The molecular weight excluding hydrogens is 434 g/mol. The highest BCUT2D eigenvalue weighted by molar-refractivity contribution is 7.99. The lowest BCUT2D eigenvalue weighted by Crippen LogP contribution is -2.39. The first kappa shape index (κ1) is 23.0. The van der Waals surface area contributed by atoms with E-state index < -0.39 is 30.0 Å². The van der Waals surface area contributed by atoms with Gasteiger partial charge in [-0.05, 0) is 31.1 Å². The van der Waals surface area contributed by atoms with E-state index in [0.29, 0.717) is 24.9 Å². The van der Waals surface area contributed by atoms with Crippen LogP contribution in [0.5, 0.6) is 0 Å². The lowest BCUT2D eigenvalue weighted by molar-refractivity contribution is -0.141. The molecule has 3 unspecified atom stereocenters. The Labute approximate surface area is 174 Å². The summed E-state index contributed by atoms with van der Waals surface area (Å²) in [6.45, 7) is -2.77. The van der Waals surface area contributed by atoms with E-state index in [4.69, 9.17) is 0 Å². The minimum absolute atomic E-state index is 0.0272. The van der Waals surface area contributed by atoms with Crippen molar-refractivity contribution in [3.8, 4) is 0 Å². The summed E-state index contributed by atoms with van der Waals surface area (Å²) >= 11 is 1.69. The minimum Gasteiger partial charge on any atom is -0.351 e. The molecule has 4 rings (SSSR count). The summed E-state index contributed by atoms with van der Waals surface area (Å²) in [5.41, 5.74) is -1.59. The predicted octanol–water partition coefficient (Wildman–Crippen LogP) is 4.46. The number of alkyl halides is 6. The average Bonchev–Trinajstić information content (AvgIpc) is 3.30. The fourth-order valence-corrected chi connectivity index (χ4v) is 5.25. The standard InChI is InChI=1S/C17H21F3N4OS.CHF3/c18-17(19,20)14-12(15(25)24-3-5-26-6-4-24)9-21-16(23-14)22-13-8-10-1-2-11(13)7-10;2-1(3)4/h9-11,13H,1-8H2,(H,21,22,23);1H. The van der Waals surface area contributed by atoms with Crippen molar-refractivity contribution in [2.45, 2.75) is 44.6 Å². The van der Waals surface area contributed by atoms with Crippen molar-refractivity contribution in [3.05, 3.63) is 17.5 Å². The molecule has 2 aliphatic carbocycles. The minimum atomic E-state index is -4.69. The van der Waals surface area contributed by atoms with Crippen molar-refractivity contribution >= 4 is 23.6 Å². The van der Waals surface area contributed by atoms with Crippen LogP contribution in [-0.2, 0) is 6.18 Å². The van der Waals surface area contributed by atoms with Crippen LogP contribution in [-0.4, -0.2) is 58.1 Å². The Morgan fingerprint density at radius 3 is 2.37 bits per heavy atom. The number of aromatic nitrogens is 2. The zero-order valence-corrected chi connectivity index (χ0v) is 16.8. The van der Waals surface area contributed by atoms with Crippen LogP contribution in [0, 0.1) is 11.8 Å². The van der Waals surface area contributed by atoms with Gasteiger partial charge in [0.15, 0.2) is 5.69 Å². The van der Waals surface area contributed by atoms with Crippen LogP contribution in [0.4, 0.5) is 32.3 Å². The van der Waals surface area contributed by atoms with Gasteiger partial charge in [0.25, 0.3) is 5.91 Å². The molecular formula is C18H22F6N4OS. The molecule has 2 heterocycles. The smallest absolute Gasteiger partial charge is 0.351 e. The van der Waals surface area contributed by atoms with Crippen molar-refractivity contribution < 1.29 is 31.1 Å². The summed E-state index contributed by atoms with van der Waals surface area (Å²) in [6, 6.07) is 0.135. The van der Waals surface area contributed by atoms with E-state index in [-0.39, 0.29) is 12.0 Å². The number of thioether (sulfide) groups is 1. The molecule has 1 saturated heterocycles. The van der Waals surface area contributed by atoms with Gasteiger partial charge in [0, 0.05) is 36.8 Å². The van der Waals surface area contributed by atoms with Gasteiger partial charge in [0.1, 0.15) is 0 Å². The van der Waals surface area contributed by atoms with Gasteiger partial charge in [0.2, 0.25) is 5.95 Å². The molecule has 5 nitrogen and oxygen atoms in total. The molecule has 0 spiro atoms. The molecule has 1 N–H and O–H groups in total. The number of anilines is 1. The zero-order valence-electron chi connectivity index (χ0n) is 16.0. The summed E-state index contributed by atoms with van der Waals surface area (Å²) < 4.78 is 69.6. The van der Waals surface area contributed by atoms with Crippen LogP contribution >= 0.6 is 11.8 Å². The Bertz CT molecular complexity index is 741. The number of hydrogen-bond donors (Lipinski definition) is 1. The SMILES string of the molecule is FC(F)F.O=C(c1cnc(NC2CC3CCC2C3)nc1C(F)(F)F)N1CCSCC1. The Morgan fingerprint density at radius 2 is 1.83 bits per heavy atom. The van der Waals surface area contributed by atoms with Crippen molar-refractivity contribution in [3.63, 3.8) is 0 Å². The number of carbonyl (C=O) groups is 1. The number of nitrogens with one attached hydrogen (secondary N) is 1. The Morgan fingerprint density at radius 1 is 1.17 bits per heavy atom. The highest BCUT2D eigenvalue weighted by Gasteiger charge is 2.42. The number of halogens is 6. The molecule has 168 valence electrons. The third-order valence-electron chi connectivity index (χ3n) is 5.64. The molecule has 0 radical (unpaired) electrons. The second-order valence-electron chi connectivity index (χ2n) is 7.53. The van der Waals surface area contributed by atoms with Crippen molar-refractivity contribution in [1.82, 2.24) is 14.9 Å². The first-order chi connectivity index (χ1) is 14.1. The van der Waals surface area contributed by atoms with E-state index in [9.17, 15) is 31.1 Å². The second kappa shape index (κ2) is 9.61. The van der Waals surface area contributed by atoms with Gasteiger partial charge < -0.3 is 10.2 Å². The van der Waals surface area contributed by atoms with Crippen molar-refractivity contribution in [1.29, 1.82) is 0 Å². The van der Waals surface area contributed by atoms with E-state index in [2.05, 4.69) is 15.3 Å². The molecule has 3 atom stereocenters.